The van der Waals surface area contributed by atoms with Gasteiger partial charge in [0.05, 0.1) is 19.0 Å². The fraction of sp³-hybridized carbons (Fsp3) is 0.0667. The summed E-state index contributed by atoms with van der Waals surface area (Å²) in [6, 6.07) is 15.2. The largest absolute Gasteiger partial charge is 0.497 e. The molecule has 0 amide bonds. The highest BCUT2D eigenvalue weighted by atomic mass is 16.5. The second kappa shape index (κ2) is 5.05. The molecule has 0 bridgehead atoms. The van der Waals surface area contributed by atoms with E-state index in [9.17, 15) is 0 Å². The van der Waals surface area contributed by atoms with Crippen molar-refractivity contribution in [2.24, 2.45) is 0 Å². The van der Waals surface area contributed by atoms with E-state index in [4.69, 9.17) is 10.5 Å². The van der Waals surface area contributed by atoms with Crippen LogP contribution in [0.25, 0.3) is 16.9 Å². The van der Waals surface area contributed by atoms with Crippen LogP contribution >= 0.6 is 0 Å². The predicted molar refractivity (Wildman–Crippen MR) is 77.8 cm³/mol. The summed E-state index contributed by atoms with van der Waals surface area (Å²) in [5.41, 5.74) is 9.14. The molecule has 1 aromatic heterocycles. The zero-order valence-corrected chi connectivity index (χ0v) is 11.0. The second-order valence-electron chi connectivity index (χ2n) is 4.37. The highest BCUT2D eigenvalue weighted by Crippen LogP contribution is 2.21. The van der Waals surface area contributed by atoms with E-state index in [1.807, 2.05) is 54.7 Å². The minimum Gasteiger partial charge on any atom is -0.497 e. The minimum atomic E-state index is 0.698. The Kier molecular flexibility index (Phi) is 3.09. The average molecular weight is 266 g/mol. The quantitative estimate of drug-likeness (QED) is 0.740. The Morgan fingerprint density at radius 1 is 1.10 bits per heavy atom. The van der Waals surface area contributed by atoms with Crippen LogP contribution in [0.4, 0.5) is 5.69 Å². The molecule has 1 heterocycles. The summed E-state index contributed by atoms with van der Waals surface area (Å²) in [5.74, 6) is 0.817. The van der Waals surface area contributed by atoms with E-state index in [1.165, 1.54) is 0 Å². The number of nitrogen functional groups attached to an aromatic ring is 1. The summed E-state index contributed by atoms with van der Waals surface area (Å²) in [6.07, 6.45) is 1.87. The predicted octanol–water partition coefficient (Wildman–Crippen LogP) is 2.53. The molecule has 20 heavy (non-hydrogen) atoms. The molecule has 0 aliphatic heterocycles. The summed E-state index contributed by atoms with van der Waals surface area (Å²) in [7, 11) is 1.64. The number of rotatable bonds is 3. The van der Waals surface area contributed by atoms with Crippen LogP contribution in [-0.4, -0.2) is 22.1 Å². The lowest BCUT2D eigenvalue weighted by molar-refractivity contribution is 0.415. The van der Waals surface area contributed by atoms with Crippen molar-refractivity contribution in [3.63, 3.8) is 0 Å². The third-order valence-electron chi connectivity index (χ3n) is 3.01. The third kappa shape index (κ3) is 2.33. The Labute approximate surface area is 116 Å². The van der Waals surface area contributed by atoms with Crippen LogP contribution in [0.2, 0.25) is 0 Å². The van der Waals surface area contributed by atoms with Gasteiger partial charge < -0.3 is 10.5 Å². The van der Waals surface area contributed by atoms with E-state index in [1.54, 1.807) is 11.8 Å². The van der Waals surface area contributed by atoms with Gasteiger partial charge in [-0.25, -0.2) is 4.68 Å². The van der Waals surface area contributed by atoms with E-state index in [-0.39, 0.29) is 0 Å². The van der Waals surface area contributed by atoms with Crippen LogP contribution in [0, 0.1) is 0 Å². The Morgan fingerprint density at radius 2 is 1.90 bits per heavy atom. The molecule has 5 nitrogen and oxygen atoms in total. The number of anilines is 1. The molecule has 0 aliphatic carbocycles. The van der Waals surface area contributed by atoms with Crippen LogP contribution in [-0.2, 0) is 0 Å². The molecule has 2 aromatic carbocycles. The molecule has 0 atom stereocenters. The third-order valence-corrected chi connectivity index (χ3v) is 3.01. The molecular weight excluding hydrogens is 252 g/mol. The Balaban J connectivity index is 1.93. The Morgan fingerprint density at radius 3 is 2.60 bits per heavy atom. The monoisotopic (exact) mass is 266 g/mol. The first-order valence-electron chi connectivity index (χ1n) is 6.19. The number of nitrogens with two attached hydrogens (primary N) is 1. The van der Waals surface area contributed by atoms with Crippen molar-refractivity contribution in [2.75, 3.05) is 12.8 Å². The molecule has 0 aliphatic rings. The molecule has 5 heteroatoms. The van der Waals surface area contributed by atoms with E-state index < -0.39 is 0 Å². The van der Waals surface area contributed by atoms with Crippen molar-refractivity contribution in [3.05, 3.63) is 54.7 Å². The number of hydrogen-bond donors (Lipinski definition) is 1. The lowest BCUT2D eigenvalue weighted by atomic mass is 10.1. The number of hydrogen-bond acceptors (Lipinski definition) is 4. The first-order valence-corrected chi connectivity index (χ1v) is 6.19. The first kappa shape index (κ1) is 12.2. The van der Waals surface area contributed by atoms with Crippen molar-refractivity contribution < 1.29 is 4.74 Å². The fourth-order valence-electron chi connectivity index (χ4n) is 1.95. The fourth-order valence-corrected chi connectivity index (χ4v) is 1.95. The highest BCUT2D eigenvalue weighted by Gasteiger charge is 2.05. The van der Waals surface area contributed by atoms with Crippen molar-refractivity contribution in [3.8, 4) is 22.7 Å². The van der Waals surface area contributed by atoms with E-state index >= 15 is 0 Å². The van der Waals surface area contributed by atoms with E-state index in [0.29, 0.717) is 5.69 Å². The molecule has 100 valence electrons. The number of ether oxygens (including phenoxy) is 1. The van der Waals surface area contributed by atoms with Gasteiger partial charge in [0.15, 0.2) is 0 Å². The van der Waals surface area contributed by atoms with Gasteiger partial charge >= 0.3 is 0 Å². The van der Waals surface area contributed by atoms with Crippen LogP contribution in [0.15, 0.2) is 54.7 Å². The van der Waals surface area contributed by atoms with Crippen LogP contribution in [0.1, 0.15) is 0 Å². The first-order chi connectivity index (χ1) is 9.76. The lowest BCUT2D eigenvalue weighted by Gasteiger charge is -2.01. The van der Waals surface area contributed by atoms with Gasteiger partial charge in [0.2, 0.25) is 0 Å². The van der Waals surface area contributed by atoms with Crippen molar-refractivity contribution in [2.45, 2.75) is 0 Å². The average Bonchev–Trinajstić information content (AvgIpc) is 2.97. The molecule has 0 unspecified atom stereocenters. The van der Waals surface area contributed by atoms with E-state index in [2.05, 4.69) is 10.3 Å². The normalized spacial score (nSPS) is 10.4. The number of benzene rings is 2. The summed E-state index contributed by atoms with van der Waals surface area (Å²) >= 11 is 0. The van der Waals surface area contributed by atoms with Crippen LogP contribution in [0.3, 0.4) is 0 Å². The number of nitrogens with zero attached hydrogens (tertiary/aromatic N) is 3. The maximum Gasteiger partial charge on any atom is 0.118 e. The van der Waals surface area contributed by atoms with Crippen LogP contribution in [0.5, 0.6) is 5.75 Å². The van der Waals surface area contributed by atoms with Crippen molar-refractivity contribution in [1.29, 1.82) is 0 Å². The van der Waals surface area contributed by atoms with Crippen molar-refractivity contribution >= 4 is 5.69 Å². The van der Waals surface area contributed by atoms with Gasteiger partial charge in [0.1, 0.15) is 11.4 Å². The second-order valence-corrected chi connectivity index (χ2v) is 4.37. The minimum absolute atomic E-state index is 0.698. The summed E-state index contributed by atoms with van der Waals surface area (Å²) < 4.78 is 6.84. The molecule has 0 saturated heterocycles. The van der Waals surface area contributed by atoms with Gasteiger partial charge in [0.25, 0.3) is 0 Å². The molecule has 3 rings (SSSR count). The molecular formula is C15H14N4O. The lowest BCUT2D eigenvalue weighted by Crippen LogP contribution is -1.95. The summed E-state index contributed by atoms with van der Waals surface area (Å²) in [6.45, 7) is 0. The number of methoxy groups -OCH3 is 1. The van der Waals surface area contributed by atoms with E-state index in [0.717, 1.165) is 22.7 Å². The van der Waals surface area contributed by atoms with Gasteiger partial charge in [-0.2, -0.15) is 0 Å². The standard InChI is InChI=1S/C15H14N4O/c1-20-14-7-5-11(6-8-14)15-10-19(18-17-15)13-4-2-3-12(16)9-13/h2-10H,16H2,1H3. The molecule has 0 saturated carbocycles. The smallest absolute Gasteiger partial charge is 0.118 e. The maximum absolute atomic E-state index is 5.77. The molecule has 0 spiro atoms. The highest BCUT2D eigenvalue weighted by molar-refractivity contribution is 5.59. The molecule has 3 aromatic rings. The van der Waals surface area contributed by atoms with Gasteiger partial charge in [-0.05, 0) is 42.5 Å². The summed E-state index contributed by atoms with van der Waals surface area (Å²) in [4.78, 5) is 0. The molecule has 0 radical (unpaired) electrons. The summed E-state index contributed by atoms with van der Waals surface area (Å²) in [5, 5.41) is 8.31. The SMILES string of the molecule is COc1ccc(-c2cn(-c3cccc(N)c3)nn2)cc1. The van der Waals surface area contributed by atoms with Crippen molar-refractivity contribution in [1.82, 2.24) is 15.0 Å². The maximum atomic E-state index is 5.77. The molecule has 0 fully saturated rings. The number of aromatic nitrogens is 3. The molecule has 2 N–H and O–H groups in total. The topological polar surface area (TPSA) is 66.0 Å². The Hall–Kier alpha value is -2.82. The van der Waals surface area contributed by atoms with Gasteiger partial charge in [-0.1, -0.05) is 11.3 Å². The van der Waals surface area contributed by atoms with Crippen LogP contribution < -0.4 is 10.5 Å². The Bertz CT molecular complexity index is 719. The van der Waals surface area contributed by atoms with Gasteiger partial charge in [-0.3, -0.25) is 0 Å². The zero-order valence-electron chi connectivity index (χ0n) is 11.0. The van der Waals surface area contributed by atoms with Gasteiger partial charge in [0, 0.05) is 11.3 Å². The zero-order chi connectivity index (χ0) is 13.9. The van der Waals surface area contributed by atoms with Gasteiger partial charge in [-0.15, -0.1) is 5.10 Å².